The number of ether oxygens (including phenoxy) is 3. The Morgan fingerprint density at radius 1 is 1.03 bits per heavy atom. The van der Waals surface area contributed by atoms with Gasteiger partial charge < -0.3 is 24.8 Å². The normalized spacial score (nSPS) is 15.5. The second-order valence-electron chi connectivity index (χ2n) is 6.52. The minimum atomic E-state index is -0.712. The molecular weight excluding hydrogens is 402 g/mol. The first-order chi connectivity index (χ1) is 15.0. The quantitative estimate of drug-likeness (QED) is 0.625. The highest BCUT2D eigenvalue weighted by atomic mass is 16.5. The Kier molecular flexibility index (Phi) is 7.21. The molecule has 0 radical (unpaired) electrons. The lowest BCUT2D eigenvalue weighted by Crippen LogP contribution is -2.51. The number of esters is 2. The van der Waals surface area contributed by atoms with Crippen LogP contribution in [0.4, 0.5) is 4.79 Å². The molecule has 1 aromatic carbocycles. The Morgan fingerprint density at radius 3 is 2.52 bits per heavy atom. The molecule has 0 unspecified atom stereocenters. The molecule has 162 valence electrons. The van der Waals surface area contributed by atoms with Crippen LogP contribution < -0.4 is 15.4 Å². The van der Waals surface area contributed by atoms with Gasteiger partial charge in [0.05, 0.1) is 23.9 Å². The van der Waals surface area contributed by atoms with Crippen molar-refractivity contribution in [3.63, 3.8) is 0 Å². The molecule has 0 saturated carbocycles. The molecule has 0 bridgehead atoms. The number of carbonyl (C=O) groups excluding carboxylic acids is 3. The van der Waals surface area contributed by atoms with Gasteiger partial charge in [-0.3, -0.25) is 0 Å². The van der Waals surface area contributed by atoms with E-state index in [1.54, 1.807) is 37.3 Å². The van der Waals surface area contributed by atoms with Crippen molar-refractivity contribution in [3.8, 4) is 11.6 Å². The van der Waals surface area contributed by atoms with E-state index >= 15 is 0 Å². The third kappa shape index (κ3) is 5.39. The van der Waals surface area contributed by atoms with Crippen LogP contribution in [-0.4, -0.2) is 42.2 Å². The number of hydrogen-bond acceptors (Lipinski definition) is 7. The lowest BCUT2D eigenvalue weighted by Gasteiger charge is -2.28. The van der Waals surface area contributed by atoms with Gasteiger partial charge in [0.15, 0.2) is 0 Å². The number of nitrogens with zero attached hydrogens (tertiary/aromatic N) is 1. The molecule has 9 heteroatoms. The fourth-order valence-electron chi connectivity index (χ4n) is 3.02. The predicted octanol–water partition coefficient (Wildman–Crippen LogP) is 2.94. The predicted molar refractivity (Wildman–Crippen MR) is 110 cm³/mol. The summed E-state index contributed by atoms with van der Waals surface area (Å²) in [6.45, 7) is 3.36. The van der Waals surface area contributed by atoms with Gasteiger partial charge in [0.1, 0.15) is 17.9 Å². The third-order valence-corrected chi connectivity index (χ3v) is 4.44. The summed E-state index contributed by atoms with van der Waals surface area (Å²) in [5, 5.41) is 5.20. The van der Waals surface area contributed by atoms with Gasteiger partial charge in [0.25, 0.3) is 0 Å². The van der Waals surface area contributed by atoms with Crippen LogP contribution in [0, 0.1) is 0 Å². The van der Waals surface area contributed by atoms with E-state index in [9.17, 15) is 14.4 Å². The number of carbonyl (C=O) groups is 3. The number of pyridine rings is 1. The number of aromatic nitrogens is 1. The first kappa shape index (κ1) is 21.8. The minimum absolute atomic E-state index is 0.0825. The van der Waals surface area contributed by atoms with Crippen molar-refractivity contribution in [1.82, 2.24) is 15.6 Å². The van der Waals surface area contributed by atoms with Crippen molar-refractivity contribution in [2.45, 2.75) is 26.3 Å². The summed E-state index contributed by atoms with van der Waals surface area (Å²) in [4.78, 5) is 41.2. The van der Waals surface area contributed by atoms with E-state index in [0.29, 0.717) is 12.2 Å². The molecule has 2 amide bonds. The van der Waals surface area contributed by atoms with Gasteiger partial charge in [-0.2, -0.15) is 0 Å². The molecule has 3 rings (SSSR count). The summed E-state index contributed by atoms with van der Waals surface area (Å²) in [7, 11) is 0. The molecule has 1 aliphatic rings. The fraction of sp³-hybridized carbons (Fsp3) is 0.273. The Hall–Kier alpha value is -3.88. The second kappa shape index (κ2) is 10.2. The highest BCUT2D eigenvalue weighted by molar-refractivity contribution is 5.95. The topological polar surface area (TPSA) is 116 Å². The lowest BCUT2D eigenvalue weighted by molar-refractivity contribution is -0.139. The van der Waals surface area contributed by atoms with E-state index in [1.165, 1.54) is 12.3 Å². The van der Waals surface area contributed by atoms with Gasteiger partial charge in [0, 0.05) is 6.20 Å². The highest BCUT2D eigenvalue weighted by Crippen LogP contribution is 2.24. The maximum atomic E-state index is 12.7. The SMILES string of the molecule is CCOC(=O)C1=C(COC(=O)c2cccnc2Oc2ccccc2)NC(=O)N[C@@H]1CC. The first-order valence-electron chi connectivity index (χ1n) is 9.86. The molecule has 1 aliphatic heterocycles. The number of hydrogen-bond donors (Lipinski definition) is 2. The van der Waals surface area contributed by atoms with Crippen LogP contribution in [0.5, 0.6) is 11.6 Å². The Labute approximate surface area is 179 Å². The molecule has 0 spiro atoms. The molecule has 2 N–H and O–H groups in total. The molecule has 0 fully saturated rings. The molecule has 9 nitrogen and oxygen atoms in total. The van der Waals surface area contributed by atoms with Gasteiger partial charge >= 0.3 is 18.0 Å². The summed E-state index contributed by atoms with van der Waals surface area (Å²) in [5.74, 6) is -0.698. The molecular formula is C22H23N3O6. The van der Waals surface area contributed by atoms with E-state index in [1.807, 2.05) is 13.0 Å². The molecule has 2 aromatic rings. The summed E-state index contributed by atoms with van der Waals surface area (Å²) in [6.07, 6.45) is 1.96. The largest absolute Gasteiger partial charge is 0.463 e. The number of rotatable bonds is 8. The zero-order chi connectivity index (χ0) is 22.2. The molecule has 1 aromatic heterocycles. The number of nitrogens with one attached hydrogen (secondary N) is 2. The van der Waals surface area contributed by atoms with Crippen molar-refractivity contribution in [3.05, 3.63) is 65.5 Å². The first-order valence-corrected chi connectivity index (χ1v) is 9.86. The maximum absolute atomic E-state index is 12.7. The number of urea groups is 1. The van der Waals surface area contributed by atoms with Crippen molar-refractivity contribution < 1.29 is 28.6 Å². The highest BCUT2D eigenvalue weighted by Gasteiger charge is 2.32. The van der Waals surface area contributed by atoms with Gasteiger partial charge in [-0.25, -0.2) is 19.4 Å². The molecule has 0 saturated heterocycles. The summed E-state index contributed by atoms with van der Waals surface area (Å²) in [5.41, 5.74) is 0.512. The van der Waals surface area contributed by atoms with Gasteiger partial charge in [-0.15, -0.1) is 0 Å². The maximum Gasteiger partial charge on any atom is 0.344 e. The number of benzene rings is 1. The molecule has 0 aliphatic carbocycles. The Bertz CT molecular complexity index is 990. The van der Waals surface area contributed by atoms with Crippen LogP contribution in [0.2, 0.25) is 0 Å². The van der Waals surface area contributed by atoms with Crippen LogP contribution in [-0.2, 0) is 14.3 Å². The zero-order valence-electron chi connectivity index (χ0n) is 17.2. The monoisotopic (exact) mass is 425 g/mol. The van der Waals surface area contributed by atoms with E-state index in [2.05, 4.69) is 15.6 Å². The summed E-state index contributed by atoms with van der Waals surface area (Å²) in [6, 6.07) is 11.0. The van der Waals surface area contributed by atoms with Crippen molar-refractivity contribution >= 4 is 18.0 Å². The Balaban J connectivity index is 1.80. The van der Waals surface area contributed by atoms with Crippen LogP contribution in [0.3, 0.4) is 0 Å². The average Bonchev–Trinajstić information content (AvgIpc) is 2.78. The fourth-order valence-corrected chi connectivity index (χ4v) is 3.02. The van der Waals surface area contributed by atoms with Crippen molar-refractivity contribution in [2.24, 2.45) is 0 Å². The van der Waals surface area contributed by atoms with E-state index in [4.69, 9.17) is 14.2 Å². The van der Waals surface area contributed by atoms with Gasteiger partial charge in [0.2, 0.25) is 5.88 Å². The van der Waals surface area contributed by atoms with E-state index in [-0.39, 0.29) is 35.9 Å². The third-order valence-electron chi connectivity index (χ3n) is 4.44. The zero-order valence-corrected chi connectivity index (χ0v) is 17.2. The van der Waals surface area contributed by atoms with Crippen LogP contribution >= 0.6 is 0 Å². The smallest absolute Gasteiger partial charge is 0.344 e. The average molecular weight is 425 g/mol. The van der Waals surface area contributed by atoms with Crippen LogP contribution in [0.1, 0.15) is 30.6 Å². The van der Waals surface area contributed by atoms with E-state index < -0.39 is 24.0 Å². The molecule has 2 heterocycles. The minimum Gasteiger partial charge on any atom is -0.463 e. The molecule has 31 heavy (non-hydrogen) atoms. The van der Waals surface area contributed by atoms with Crippen molar-refractivity contribution in [2.75, 3.05) is 13.2 Å². The summed E-state index contributed by atoms with van der Waals surface area (Å²) >= 11 is 0. The van der Waals surface area contributed by atoms with Gasteiger partial charge in [-0.05, 0) is 37.6 Å². The lowest BCUT2D eigenvalue weighted by atomic mass is 10.0. The standard InChI is InChI=1S/C22H23N3O6/c1-3-16-18(21(27)29-4-2)17(25-22(28)24-16)13-30-20(26)15-11-8-12-23-19(15)31-14-9-6-5-7-10-14/h5-12,16H,3-4,13H2,1-2H3,(H2,24,25,28)/t16-/m1/s1. The Morgan fingerprint density at radius 2 is 1.81 bits per heavy atom. The van der Waals surface area contributed by atoms with Crippen molar-refractivity contribution in [1.29, 1.82) is 0 Å². The number of para-hydroxylation sites is 1. The van der Waals surface area contributed by atoms with Gasteiger partial charge in [-0.1, -0.05) is 25.1 Å². The van der Waals surface area contributed by atoms with Crippen LogP contribution in [0.25, 0.3) is 0 Å². The number of amides is 2. The van der Waals surface area contributed by atoms with Crippen LogP contribution in [0.15, 0.2) is 59.9 Å². The van der Waals surface area contributed by atoms with E-state index in [0.717, 1.165) is 0 Å². The molecule has 1 atom stereocenters. The second-order valence-corrected chi connectivity index (χ2v) is 6.52. The summed E-state index contributed by atoms with van der Waals surface area (Å²) < 4.78 is 16.2.